The van der Waals surface area contributed by atoms with Gasteiger partial charge in [-0.1, -0.05) is 12.1 Å². The summed E-state index contributed by atoms with van der Waals surface area (Å²) in [5.74, 6) is -0.295. The predicted octanol–water partition coefficient (Wildman–Crippen LogP) is 1.73. The van der Waals surface area contributed by atoms with Crippen molar-refractivity contribution in [3.63, 3.8) is 0 Å². The lowest BCUT2D eigenvalue weighted by molar-refractivity contribution is 0.483. The molecular weight excluding hydrogens is 194 g/mol. The summed E-state index contributed by atoms with van der Waals surface area (Å²) in [5.41, 5.74) is -0.280. The van der Waals surface area contributed by atoms with Crippen LogP contribution in [-0.2, 0) is 7.05 Å². The first-order chi connectivity index (χ1) is 7.16. The first-order valence-electron chi connectivity index (χ1n) is 4.32. The SMILES string of the molecule is Cn1c(=O)c([N+]#N)c(O)c2ccccc21. The molecule has 1 aromatic carbocycles. The van der Waals surface area contributed by atoms with Crippen LogP contribution in [0.2, 0.25) is 0 Å². The van der Waals surface area contributed by atoms with Crippen LogP contribution in [-0.4, -0.2) is 9.67 Å². The van der Waals surface area contributed by atoms with Crippen molar-refractivity contribution in [2.75, 3.05) is 0 Å². The fourth-order valence-electron chi connectivity index (χ4n) is 1.55. The molecule has 2 aromatic rings. The molecule has 0 saturated carbocycles. The number of benzene rings is 1. The number of para-hydroxylation sites is 1. The highest BCUT2D eigenvalue weighted by atomic mass is 16.3. The number of aromatic hydroxyl groups is 1. The van der Waals surface area contributed by atoms with E-state index in [2.05, 4.69) is 4.98 Å². The summed E-state index contributed by atoms with van der Waals surface area (Å²) in [6.45, 7) is 0. The summed E-state index contributed by atoms with van der Waals surface area (Å²) >= 11 is 0. The van der Waals surface area contributed by atoms with Crippen molar-refractivity contribution < 1.29 is 5.11 Å². The average Bonchev–Trinajstić information content (AvgIpc) is 2.27. The molecule has 0 atom stereocenters. The second-order valence-corrected chi connectivity index (χ2v) is 3.18. The van der Waals surface area contributed by atoms with Crippen molar-refractivity contribution in [1.29, 1.82) is 5.39 Å². The molecule has 1 heterocycles. The number of hydrogen-bond acceptors (Lipinski definition) is 3. The Labute approximate surface area is 84.8 Å². The van der Waals surface area contributed by atoms with Crippen LogP contribution in [0.4, 0.5) is 5.69 Å². The quantitative estimate of drug-likeness (QED) is 0.661. The minimum Gasteiger partial charge on any atom is -0.501 e. The zero-order valence-electron chi connectivity index (χ0n) is 8.01. The largest absolute Gasteiger partial charge is 0.501 e. The summed E-state index contributed by atoms with van der Waals surface area (Å²) in [5, 5.41) is 18.8. The first-order valence-corrected chi connectivity index (χ1v) is 4.32. The Morgan fingerprint density at radius 1 is 1.40 bits per heavy atom. The Kier molecular flexibility index (Phi) is 1.90. The van der Waals surface area contributed by atoms with Gasteiger partial charge in [-0.2, -0.15) is 0 Å². The van der Waals surface area contributed by atoms with Gasteiger partial charge >= 0.3 is 11.2 Å². The van der Waals surface area contributed by atoms with Crippen molar-refractivity contribution in [3.05, 3.63) is 39.6 Å². The van der Waals surface area contributed by atoms with Crippen LogP contribution < -0.4 is 5.56 Å². The monoisotopic (exact) mass is 202 g/mol. The molecule has 2 rings (SSSR count). The van der Waals surface area contributed by atoms with E-state index in [1.54, 1.807) is 31.3 Å². The molecular formula is C10H8N3O2+. The molecule has 0 aliphatic heterocycles. The number of pyridine rings is 1. The van der Waals surface area contributed by atoms with Gasteiger partial charge in [0.1, 0.15) is 0 Å². The number of aromatic nitrogens is 1. The third-order valence-corrected chi connectivity index (χ3v) is 2.35. The second kappa shape index (κ2) is 3.10. The number of diazo groups is 1. The Balaban J connectivity index is 3.12. The van der Waals surface area contributed by atoms with Gasteiger partial charge in [0.15, 0.2) is 4.98 Å². The molecule has 0 saturated heterocycles. The summed E-state index contributed by atoms with van der Waals surface area (Å²) in [6, 6.07) is 6.85. The molecule has 0 amide bonds. The number of aryl methyl sites for hydroxylation is 1. The average molecular weight is 202 g/mol. The van der Waals surface area contributed by atoms with E-state index in [4.69, 9.17) is 5.39 Å². The predicted molar refractivity (Wildman–Crippen MR) is 55.6 cm³/mol. The van der Waals surface area contributed by atoms with Crippen molar-refractivity contribution in [3.8, 4) is 5.75 Å². The molecule has 0 spiro atoms. The zero-order valence-corrected chi connectivity index (χ0v) is 8.01. The number of nitrogens with zero attached hydrogens (tertiary/aromatic N) is 3. The van der Waals surface area contributed by atoms with Crippen LogP contribution in [0.25, 0.3) is 15.9 Å². The van der Waals surface area contributed by atoms with E-state index < -0.39 is 5.56 Å². The van der Waals surface area contributed by atoms with E-state index in [1.165, 1.54) is 4.57 Å². The molecule has 1 N–H and O–H groups in total. The van der Waals surface area contributed by atoms with E-state index in [0.717, 1.165) is 0 Å². The number of hydrogen-bond donors (Lipinski definition) is 1. The number of fused-ring (bicyclic) bond motifs is 1. The van der Waals surface area contributed by atoms with Gasteiger partial charge in [0.2, 0.25) is 11.1 Å². The molecule has 0 aliphatic rings. The molecule has 1 aromatic heterocycles. The highest BCUT2D eigenvalue weighted by Gasteiger charge is 2.24. The summed E-state index contributed by atoms with van der Waals surface area (Å²) in [4.78, 5) is 14.4. The standard InChI is InChI=1S/C10H7N3O2/c1-13-7-5-3-2-4-6(7)9(14)8(12-11)10(13)15/h2-5H,1H3/p+1. The van der Waals surface area contributed by atoms with Gasteiger partial charge < -0.3 is 9.67 Å². The van der Waals surface area contributed by atoms with Crippen molar-refractivity contribution in [1.82, 2.24) is 4.57 Å². The van der Waals surface area contributed by atoms with Gasteiger partial charge in [-0.25, -0.2) is 0 Å². The lowest BCUT2D eigenvalue weighted by Gasteiger charge is -2.03. The fraction of sp³-hybridized carbons (Fsp3) is 0.100. The van der Waals surface area contributed by atoms with Crippen molar-refractivity contribution >= 4 is 16.6 Å². The van der Waals surface area contributed by atoms with Gasteiger partial charge in [-0.3, -0.25) is 4.79 Å². The van der Waals surface area contributed by atoms with Crippen LogP contribution in [0, 0.1) is 5.39 Å². The summed E-state index contributed by atoms with van der Waals surface area (Å²) in [7, 11) is 1.55. The van der Waals surface area contributed by atoms with Crippen LogP contribution in [0.3, 0.4) is 0 Å². The molecule has 5 heteroatoms. The van der Waals surface area contributed by atoms with Crippen molar-refractivity contribution in [2.45, 2.75) is 0 Å². The smallest absolute Gasteiger partial charge is 0.490 e. The number of rotatable bonds is 0. The van der Waals surface area contributed by atoms with Gasteiger partial charge in [-0.15, -0.1) is 0 Å². The second-order valence-electron chi connectivity index (χ2n) is 3.18. The lowest BCUT2D eigenvalue weighted by Crippen LogP contribution is -2.16. The lowest BCUT2D eigenvalue weighted by atomic mass is 10.2. The molecule has 0 radical (unpaired) electrons. The van der Waals surface area contributed by atoms with Crippen molar-refractivity contribution in [2.24, 2.45) is 7.05 Å². The maximum absolute atomic E-state index is 11.6. The summed E-state index contributed by atoms with van der Waals surface area (Å²) in [6.07, 6.45) is 0. The van der Waals surface area contributed by atoms with Gasteiger partial charge in [0, 0.05) is 12.4 Å². The Bertz CT molecular complexity index is 637. The van der Waals surface area contributed by atoms with Crippen LogP contribution in [0.5, 0.6) is 5.75 Å². The molecule has 0 fully saturated rings. The van der Waals surface area contributed by atoms with E-state index in [-0.39, 0.29) is 11.4 Å². The highest BCUT2D eigenvalue weighted by molar-refractivity contribution is 5.90. The highest BCUT2D eigenvalue weighted by Crippen LogP contribution is 2.30. The first kappa shape index (κ1) is 9.21. The Morgan fingerprint density at radius 3 is 2.73 bits per heavy atom. The third-order valence-electron chi connectivity index (χ3n) is 2.35. The third kappa shape index (κ3) is 1.15. The zero-order chi connectivity index (χ0) is 11.0. The molecule has 5 nitrogen and oxygen atoms in total. The minimum absolute atomic E-state index is 0.295. The molecule has 74 valence electrons. The van der Waals surface area contributed by atoms with E-state index in [9.17, 15) is 9.90 Å². The minimum atomic E-state index is -0.534. The summed E-state index contributed by atoms with van der Waals surface area (Å²) < 4.78 is 1.32. The molecule has 15 heavy (non-hydrogen) atoms. The molecule has 0 aliphatic carbocycles. The van der Waals surface area contributed by atoms with Gasteiger partial charge in [0.05, 0.1) is 5.52 Å². The molecule has 0 unspecified atom stereocenters. The Hall–Kier alpha value is -2.35. The molecule has 0 bridgehead atoms. The van der Waals surface area contributed by atoms with Gasteiger partial charge in [-0.05, 0) is 12.1 Å². The van der Waals surface area contributed by atoms with E-state index >= 15 is 0 Å². The normalized spacial score (nSPS) is 10.1. The van der Waals surface area contributed by atoms with Crippen LogP contribution in [0.15, 0.2) is 29.1 Å². The van der Waals surface area contributed by atoms with Crippen LogP contribution in [0.1, 0.15) is 0 Å². The van der Waals surface area contributed by atoms with E-state index in [1.807, 2.05) is 0 Å². The fourth-order valence-corrected chi connectivity index (χ4v) is 1.55. The van der Waals surface area contributed by atoms with Crippen LogP contribution >= 0.6 is 0 Å². The topological polar surface area (TPSA) is 70.4 Å². The van der Waals surface area contributed by atoms with Gasteiger partial charge in [0.25, 0.3) is 0 Å². The maximum atomic E-state index is 11.6. The Morgan fingerprint density at radius 2 is 2.07 bits per heavy atom. The maximum Gasteiger partial charge on any atom is 0.490 e. The van der Waals surface area contributed by atoms with E-state index in [0.29, 0.717) is 10.9 Å².